The fourth-order valence-electron chi connectivity index (χ4n) is 3.46. The van der Waals surface area contributed by atoms with Crippen LogP contribution in [0.25, 0.3) is 0 Å². The van der Waals surface area contributed by atoms with E-state index in [0.29, 0.717) is 12.1 Å². The number of anilines is 1. The molecule has 0 bridgehead atoms. The zero-order valence-electron chi connectivity index (χ0n) is 13.5. The third-order valence-electron chi connectivity index (χ3n) is 4.96. The summed E-state index contributed by atoms with van der Waals surface area (Å²) in [6.45, 7) is 1.96. The maximum atomic E-state index is 14.1. The first-order valence-electron chi connectivity index (χ1n) is 8.55. The van der Waals surface area contributed by atoms with Gasteiger partial charge in [0.25, 0.3) is 5.91 Å². The summed E-state index contributed by atoms with van der Waals surface area (Å²) in [4.78, 5) is 16.3. The monoisotopic (exact) mass is 320 g/mol. The van der Waals surface area contributed by atoms with E-state index in [1.54, 1.807) is 0 Å². The van der Waals surface area contributed by atoms with E-state index < -0.39 is 12.3 Å². The minimum atomic E-state index is -1.64. The summed E-state index contributed by atoms with van der Waals surface area (Å²) in [5, 5.41) is 9.08. The number of nitrogens with zero attached hydrogens (tertiary/aromatic N) is 2. The highest BCUT2D eigenvalue weighted by atomic mass is 19.1. The van der Waals surface area contributed by atoms with Gasteiger partial charge < -0.3 is 14.9 Å². The van der Waals surface area contributed by atoms with Crippen molar-refractivity contribution >= 4 is 11.6 Å². The molecule has 1 unspecified atom stereocenters. The van der Waals surface area contributed by atoms with Gasteiger partial charge in [-0.25, -0.2) is 4.39 Å². The van der Waals surface area contributed by atoms with E-state index in [9.17, 15) is 9.18 Å². The zero-order valence-corrected chi connectivity index (χ0v) is 13.5. The van der Waals surface area contributed by atoms with Gasteiger partial charge in [-0.05, 0) is 37.1 Å². The highest BCUT2D eigenvalue weighted by Gasteiger charge is 2.39. The van der Waals surface area contributed by atoms with Gasteiger partial charge >= 0.3 is 0 Å². The molecule has 1 aromatic carbocycles. The van der Waals surface area contributed by atoms with Gasteiger partial charge in [0.05, 0.1) is 13.2 Å². The Balaban J connectivity index is 1.66. The van der Waals surface area contributed by atoms with E-state index in [1.165, 1.54) is 30.6 Å². The van der Waals surface area contributed by atoms with Gasteiger partial charge in [0.1, 0.15) is 0 Å². The minimum Gasteiger partial charge on any atom is -0.393 e. The molecule has 1 aromatic rings. The van der Waals surface area contributed by atoms with Crippen LogP contribution in [0.3, 0.4) is 0 Å². The molecule has 2 saturated heterocycles. The van der Waals surface area contributed by atoms with Crippen LogP contribution in [0.15, 0.2) is 24.3 Å². The number of carbonyl (C=O) groups excluding carboxylic acids is 1. The molecule has 2 fully saturated rings. The number of aliphatic hydroxyl groups is 1. The summed E-state index contributed by atoms with van der Waals surface area (Å²) < 4.78 is 14.1. The van der Waals surface area contributed by atoms with Gasteiger partial charge in [-0.3, -0.25) is 4.79 Å². The number of aliphatic hydroxyl groups excluding tert-OH is 1. The van der Waals surface area contributed by atoms with Crippen molar-refractivity contribution in [3.63, 3.8) is 0 Å². The van der Waals surface area contributed by atoms with Crippen LogP contribution >= 0.6 is 0 Å². The highest BCUT2D eigenvalue weighted by Crippen LogP contribution is 2.27. The molecule has 1 atom stereocenters. The Hall–Kier alpha value is -1.62. The maximum absolute atomic E-state index is 14.1. The number of rotatable bonds is 3. The third-order valence-corrected chi connectivity index (χ3v) is 4.96. The Labute approximate surface area is 136 Å². The average molecular weight is 320 g/mol. The van der Waals surface area contributed by atoms with Crippen LogP contribution < -0.4 is 4.90 Å². The van der Waals surface area contributed by atoms with Crippen molar-refractivity contribution in [1.29, 1.82) is 0 Å². The van der Waals surface area contributed by atoms with Crippen molar-refractivity contribution in [2.24, 2.45) is 0 Å². The summed E-state index contributed by atoms with van der Waals surface area (Å²) >= 11 is 0. The van der Waals surface area contributed by atoms with Gasteiger partial charge in [-0.1, -0.05) is 12.8 Å². The molecule has 5 heteroatoms. The standard InChI is InChI=1S/C18H25FN2O2/c19-18(14-22)9-12-21(13-18)17(23)15-5-7-16(8-6-15)20-10-3-1-2-4-11-20/h5-8,22H,1-4,9-14H2. The lowest BCUT2D eigenvalue weighted by atomic mass is 10.1. The Morgan fingerprint density at radius 3 is 2.30 bits per heavy atom. The van der Waals surface area contributed by atoms with E-state index in [0.717, 1.165) is 18.8 Å². The average Bonchev–Trinajstić information content (AvgIpc) is 2.80. The molecule has 1 amide bonds. The molecule has 0 radical (unpaired) electrons. The van der Waals surface area contributed by atoms with Crippen LogP contribution in [-0.4, -0.2) is 54.4 Å². The van der Waals surface area contributed by atoms with E-state index in [2.05, 4.69) is 4.90 Å². The Morgan fingerprint density at radius 1 is 1.09 bits per heavy atom. The molecule has 0 aromatic heterocycles. The molecule has 0 aliphatic carbocycles. The lowest BCUT2D eigenvalue weighted by Gasteiger charge is -2.23. The van der Waals surface area contributed by atoms with Crippen LogP contribution in [0.2, 0.25) is 0 Å². The summed E-state index contributed by atoms with van der Waals surface area (Å²) in [7, 11) is 0. The lowest BCUT2D eigenvalue weighted by Crippen LogP contribution is -2.35. The fourth-order valence-corrected chi connectivity index (χ4v) is 3.46. The number of hydrogen-bond acceptors (Lipinski definition) is 3. The van der Waals surface area contributed by atoms with Crippen molar-refractivity contribution in [1.82, 2.24) is 4.90 Å². The van der Waals surface area contributed by atoms with E-state index in [4.69, 9.17) is 5.11 Å². The Bertz CT molecular complexity index is 540. The van der Waals surface area contributed by atoms with Crippen LogP contribution in [-0.2, 0) is 0 Å². The van der Waals surface area contributed by atoms with Crippen LogP contribution in [0.4, 0.5) is 10.1 Å². The number of amides is 1. The minimum absolute atomic E-state index is 0.0176. The second-order valence-electron chi connectivity index (χ2n) is 6.73. The van der Waals surface area contributed by atoms with Crippen molar-refractivity contribution in [3.8, 4) is 0 Å². The SMILES string of the molecule is O=C(c1ccc(N2CCCCCC2)cc1)N1CCC(F)(CO)C1. The quantitative estimate of drug-likeness (QED) is 0.931. The summed E-state index contributed by atoms with van der Waals surface area (Å²) in [5.74, 6) is -0.152. The van der Waals surface area contributed by atoms with E-state index in [-0.39, 0.29) is 18.9 Å². The van der Waals surface area contributed by atoms with E-state index in [1.807, 2.05) is 24.3 Å². The van der Waals surface area contributed by atoms with Gasteiger partial charge in [0.15, 0.2) is 5.67 Å². The molecule has 0 saturated carbocycles. The Morgan fingerprint density at radius 2 is 1.74 bits per heavy atom. The van der Waals surface area contributed by atoms with Crippen molar-refractivity contribution < 1.29 is 14.3 Å². The first kappa shape index (κ1) is 16.2. The highest BCUT2D eigenvalue weighted by molar-refractivity contribution is 5.94. The Kier molecular flexibility index (Phi) is 4.85. The molecule has 2 heterocycles. The largest absolute Gasteiger partial charge is 0.393 e. The third kappa shape index (κ3) is 3.66. The van der Waals surface area contributed by atoms with Gasteiger partial charge in [-0.15, -0.1) is 0 Å². The molecule has 3 rings (SSSR count). The summed E-state index contributed by atoms with van der Waals surface area (Å²) in [6, 6.07) is 7.65. The number of benzene rings is 1. The molecule has 4 nitrogen and oxygen atoms in total. The number of hydrogen-bond donors (Lipinski definition) is 1. The first-order valence-corrected chi connectivity index (χ1v) is 8.55. The van der Waals surface area contributed by atoms with Crippen molar-refractivity contribution in [3.05, 3.63) is 29.8 Å². The summed E-state index contributed by atoms with van der Waals surface area (Å²) in [6.07, 6.45) is 5.22. The van der Waals surface area contributed by atoms with Gasteiger partial charge in [0.2, 0.25) is 0 Å². The van der Waals surface area contributed by atoms with Crippen molar-refractivity contribution in [2.45, 2.75) is 37.8 Å². The van der Waals surface area contributed by atoms with Crippen LogP contribution in [0, 0.1) is 0 Å². The zero-order chi connectivity index (χ0) is 16.3. The number of halogens is 1. The summed E-state index contributed by atoms with van der Waals surface area (Å²) in [5.41, 5.74) is 0.104. The lowest BCUT2D eigenvalue weighted by molar-refractivity contribution is 0.0631. The van der Waals surface area contributed by atoms with Crippen LogP contribution in [0.1, 0.15) is 42.5 Å². The molecular weight excluding hydrogens is 295 g/mol. The first-order chi connectivity index (χ1) is 11.1. The number of carbonyl (C=O) groups is 1. The molecule has 23 heavy (non-hydrogen) atoms. The smallest absolute Gasteiger partial charge is 0.253 e. The molecule has 2 aliphatic rings. The second-order valence-corrected chi connectivity index (χ2v) is 6.73. The van der Waals surface area contributed by atoms with Crippen LogP contribution in [0.5, 0.6) is 0 Å². The van der Waals surface area contributed by atoms with Gasteiger partial charge in [0, 0.05) is 37.3 Å². The van der Waals surface area contributed by atoms with Crippen molar-refractivity contribution in [2.75, 3.05) is 37.7 Å². The normalized spacial score (nSPS) is 25.5. The second kappa shape index (κ2) is 6.87. The predicted octanol–water partition coefficient (Wildman–Crippen LogP) is 2.61. The topological polar surface area (TPSA) is 43.8 Å². The maximum Gasteiger partial charge on any atom is 0.253 e. The fraction of sp³-hybridized carbons (Fsp3) is 0.611. The van der Waals surface area contributed by atoms with Gasteiger partial charge in [-0.2, -0.15) is 0 Å². The number of likely N-dealkylation sites (tertiary alicyclic amines) is 1. The number of alkyl halides is 1. The molecular formula is C18H25FN2O2. The molecule has 0 spiro atoms. The predicted molar refractivity (Wildman–Crippen MR) is 88.6 cm³/mol. The molecule has 2 aliphatic heterocycles. The molecule has 126 valence electrons. The van der Waals surface area contributed by atoms with E-state index >= 15 is 0 Å². The molecule has 1 N–H and O–H groups in total.